The number of likely N-dealkylation sites (tertiary alicyclic amines) is 1. The van der Waals surface area contributed by atoms with Crippen LogP contribution in [-0.4, -0.2) is 33.0 Å². The molecule has 27 heavy (non-hydrogen) atoms. The van der Waals surface area contributed by atoms with E-state index in [4.69, 9.17) is 5.26 Å². The van der Waals surface area contributed by atoms with Crippen LogP contribution in [0.25, 0.3) is 11.3 Å². The largest absolute Gasteiger partial charge is 0.299 e. The summed E-state index contributed by atoms with van der Waals surface area (Å²) in [5.74, 6) is 0. The van der Waals surface area contributed by atoms with Gasteiger partial charge in [0.25, 0.3) is 0 Å². The van der Waals surface area contributed by atoms with E-state index in [0.29, 0.717) is 6.04 Å². The van der Waals surface area contributed by atoms with Crippen LogP contribution in [-0.2, 0) is 6.54 Å². The fourth-order valence-corrected chi connectivity index (χ4v) is 3.87. The topological polar surface area (TPSA) is 57.7 Å². The molecular formula is C22H23N5. The highest BCUT2D eigenvalue weighted by molar-refractivity contribution is 5.60. The van der Waals surface area contributed by atoms with Gasteiger partial charge in [0.15, 0.2) is 0 Å². The van der Waals surface area contributed by atoms with E-state index in [1.165, 1.54) is 5.56 Å². The first-order chi connectivity index (χ1) is 13.2. The standard InChI is InChI=1S/C22H23N5/c1-17-22(20-8-3-2-4-9-20)24-25-27(17)21-10-12-26(13-11-21)16-19-7-5-6-18(14-19)15-23/h2-9,14,21H,10-13,16H2,1H3. The molecule has 0 atom stereocenters. The highest BCUT2D eigenvalue weighted by Gasteiger charge is 2.24. The minimum atomic E-state index is 0.400. The fraction of sp³-hybridized carbons (Fsp3) is 0.318. The van der Waals surface area contributed by atoms with Crippen LogP contribution in [0, 0.1) is 18.3 Å². The van der Waals surface area contributed by atoms with Gasteiger partial charge in [-0.3, -0.25) is 4.90 Å². The number of piperidine rings is 1. The van der Waals surface area contributed by atoms with Gasteiger partial charge in [0, 0.05) is 25.2 Å². The second-order valence-corrected chi connectivity index (χ2v) is 7.15. The molecule has 5 nitrogen and oxygen atoms in total. The Morgan fingerprint density at radius 2 is 1.85 bits per heavy atom. The third-order valence-electron chi connectivity index (χ3n) is 5.34. The summed E-state index contributed by atoms with van der Waals surface area (Å²) in [5.41, 5.74) is 5.17. The Bertz CT molecular complexity index is 946. The third-order valence-corrected chi connectivity index (χ3v) is 5.34. The van der Waals surface area contributed by atoms with Crippen molar-refractivity contribution in [1.29, 1.82) is 5.26 Å². The van der Waals surface area contributed by atoms with Crippen molar-refractivity contribution in [3.8, 4) is 17.3 Å². The predicted octanol–water partition coefficient (Wildman–Crippen LogP) is 3.96. The first-order valence-corrected chi connectivity index (χ1v) is 9.43. The molecule has 1 saturated heterocycles. The average Bonchev–Trinajstić information content (AvgIpc) is 3.11. The van der Waals surface area contributed by atoms with Gasteiger partial charge < -0.3 is 0 Å². The molecule has 2 heterocycles. The summed E-state index contributed by atoms with van der Waals surface area (Å²) in [7, 11) is 0. The second kappa shape index (κ2) is 7.73. The van der Waals surface area contributed by atoms with Crippen molar-refractivity contribution in [1.82, 2.24) is 19.9 Å². The van der Waals surface area contributed by atoms with Crippen molar-refractivity contribution >= 4 is 0 Å². The minimum absolute atomic E-state index is 0.400. The molecule has 1 aromatic heterocycles. The van der Waals surface area contributed by atoms with E-state index in [2.05, 4.69) is 51.1 Å². The van der Waals surface area contributed by atoms with Gasteiger partial charge in [-0.05, 0) is 37.5 Å². The number of rotatable bonds is 4. The average molecular weight is 357 g/mol. The summed E-state index contributed by atoms with van der Waals surface area (Å²) in [5, 5.41) is 18.0. The highest BCUT2D eigenvalue weighted by atomic mass is 15.4. The van der Waals surface area contributed by atoms with Crippen molar-refractivity contribution in [2.45, 2.75) is 32.4 Å². The molecule has 0 aliphatic carbocycles. The molecule has 136 valence electrons. The van der Waals surface area contributed by atoms with Crippen molar-refractivity contribution in [3.63, 3.8) is 0 Å². The lowest BCUT2D eigenvalue weighted by molar-refractivity contribution is 0.171. The monoisotopic (exact) mass is 357 g/mol. The zero-order valence-corrected chi connectivity index (χ0v) is 15.5. The van der Waals surface area contributed by atoms with E-state index in [0.717, 1.165) is 55.0 Å². The first-order valence-electron chi connectivity index (χ1n) is 9.43. The molecule has 0 radical (unpaired) electrons. The molecule has 5 heteroatoms. The molecule has 0 saturated carbocycles. The van der Waals surface area contributed by atoms with Crippen LogP contribution in [0.2, 0.25) is 0 Å². The van der Waals surface area contributed by atoms with Crippen LogP contribution < -0.4 is 0 Å². The SMILES string of the molecule is Cc1c(-c2ccccc2)nnn1C1CCN(Cc2cccc(C#N)c2)CC1. The Morgan fingerprint density at radius 3 is 2.59 bits per heavy atom. The fourth-order valence-electron chi connectivity index (χ4n) is 3.87. The second-order valence-electron chi connectivity index (χ2n) is 7.15. The zero-order valence-electron chi connectivity index (χ0n) is 15.5. The lowest BCUT2D eigenvalue weighted by Crippen LogP contribution is -2.34. The van der Waals surface area contributed by atoms with Crippen molar-refractivity contribution in [2.24, 2.45) is 0 Å². The van der Waals surface area contributed by atoms with Crippen molar-refractivity contribution in [3.05, 3.63) is 71.4 Å². The van der Waals surface area contributed by atoms with E-state index < -0.39 is 0 Å². The third kappa shape index (κ3) is 3.76. The molecule has 4 rings (SSSR count). The van der Waals surface area contributed by atoms with Crippen molar-refractivity contribution < 1.29 is 0 Å². The Hall–Kier alpha value is -2.97. The number of hydrogen-bond acceptors (Lipinski definition) is 4. The van der Waals surface area contributed by atoms with Gasteiger partial charge in [-0.25, -0.2) is 4.68 Å². The van der Waals surface area contributed by atoms with Gasteiger partial charge in [0.2, 0.25) is 0 Å². The lowest BCUT2D eigenvalue weighted by Gasteiger charge is -2.32. The van der Waals surface area contributed by atoms with E-state index in [1.807, 2.05) is 36.4 Å². The molecule has 2 aromatic carbocycles. The maximum Gasteiger partial charge on any atom is 0.115 e. The zero-order chi connectivity index (χ0) is 18.6. The van der Waals surface area contributed by atoms with E-state index in [-0.39, 0.29) is 0 Å². The Morgan fingerprint density at radius 1 is 1.07 bits per heavy atom. The molecule has 1 aliphatic rings. The maximum absolute atomic E-state index is 9.06. The Kier molecular flexibility index (Phi) is 4.99. The van der Waals surface area contributed by atoms with E-state index in [9.17, 15) is 0 Å². The summed E-state index contributed by atoms with van der Waals surface area (Å²) < 4.78 is 2.11. The van der Waals surface area contributed by atoms with Gasteiger partial charge in [0.1, 0.15) is 5.69 Å². The molecule has 0 unspecified atom stereocenters. The summed E-state index contributed by atoms with van der Waals surface area (Å²) in [6, 6.07) is 20.8. The van der Waals surface area contributed by atoms with Crippen LogP contribution in [0.15, 0.2) is 54.6 Å². The molecule has 1 fully saturated rings. The Labute approximate surface area is 159 Å². The lowest BCUT2D eigenvalue weighted by atomic mass is 10.0. The maximum atomic E-state index is 9.06. The smallest absolute Gasteiger partial charge is 0.115 e. The molecule has 0 N–H and O–H groups in total. The highest BCUT2D eigenvalue weighted by Crippen LogP contribution is 2.28. The number of aromatic nitrogens is 3. The van der Waals surface area contributed by atoms with Gasteiger partial charge in [-0.15, -0.1) is 5.10 Å². The van der Waals surface area contributed by atoms with E-state index >= 15 is 0 Å². The molecular weight excluding hydrogens is 334 g/mol. The molecule has 1 aliphatic heterocycles. The Balaban J connectivity index is 1.41. The molecule has 3 aromatic rings. The van der Waals surface area contributed by atoms with Crippen LogP contribution in [0.1, 0.15) is 35.7 Å². The van der Waals surface area contributed by atoms with Crippen LogP contribution >= 0.6 is 0 Å². The summed E-state index contributed by atoms with van der Waals surface area (Å²) >= 11 is 0. The van der Waals surface area contributed by atoms with Gasteiger partial charge in [-0.2, -0.15) is 5.26 Å². The molecule has 0 amide bonds. The van der Waals surface area contributed by atoms with Crippen LogP contribution in [0.3, 0.4) is 0 Å². The predicted molar refractivity (Wildman–Crippen MR) is 105 cm³/mol. The normalized spacial score (nSPS) is 15.6. The summed E-state index contributed by atoms with van der Waals surface area (Å²) in [6.45, 7) is 5.07. The van der Waals surface area contributed by atoms with E-state index in [1.54, 1.807) is 0 Å². The molecule has 0 bridgehead atoms. The number of nitriles is 1. The van der Waals surface area contributed by atoms with Crippen LogP contribution in [0.4, 0.5) is 0 Å². The number of benzene rings is 2. The van der Waals surface area contributed by atoms with Gasteiger partial charge >= 0.3 is 0 Å². The minimum Gasteiger partial charge on any atom is -0.299 e. The number of nitrogens with zero attached hydrogens (tertiary/aromatic N) is 5. The summed E-state index contributed by atoms with van der Waals surface area (Å²) in [4.78, 5) is 2.46. The summed E-state index contributed by atoms with van der Waals surface area (Å²) in [6.07, 6.45) is 2.13. The van der Waals surface area contributed by atoms with Gasteiger partial charge in [-0.1, -0.05) is 47.7 Å². The quantitative estimate of drug-likeness (QED) is 0.709. The molecule has 0 spiro atoms. The first kappa shape index (κ1) is 17.4. The van der Waals surface area contributed by atoms with Crippen LogP contribution in [0.5, 0.6) is 0 Å². The number of hydrogen-bond donors (Lipinski definition) is 0. The van der Waals surface area contributed by atoms with Gasteiger partial charge in [0.05, 0.1) is 23.4 Å². The van der Waals surface area contributed by atoms with Crippen molar-refractivity contribution in [2.75, 3.05) is 13.1 Å².